The second-order valence-corrected chi connectivity index (χ2v) is 8.58. The largest absolute Gasteiger partial charge is 0.368 e. The molecule has 10 heteroatoms. The van der Waals surface area contributed by atoms with Crippen LogP contribution in [0.2, 0.25) is 5.02 Å². The van der Waals surface area contributed by atoms with Gasteiger partial charge in [-0.3, -0.25) is 4.79 Å². The average Bonchev–Trinajstić information content (AvgIpc) is 3.44. The molecular weight excluding hydrogens is 462 g/mol. The van der Waals surface area contributed by atoms with Gasteiger partial charge in [0.15, 0.2) is 11.5 Å². The summed E-state index contributed by atoms with van der Waals surface area (Å²) in [5.41, 5.74) is 4.25. The molecule has 0 saturated carbocycles. The van der Waals surface area contributed by atoms with Crippen molar-refractivity contribution in [3.8, 4) is 11.1 Å². The number of aromatic amines is 1. The Morgan fingerprint density at radius 1 is 1.15 bits per heavy atom. The molecule has 7 nitrogen and oxygen atoms in total. The minimum atomic E-state index is -0.688. The third-order valence-corrected chi connectivity index (χ3v) is 6.36. The molecule has 1 fully saturated rings. The van der Waals surface area contributed by atoms with Gasteiger partial charge in [-0.15, -0.1) is 0 Å². The number of carbonyl (C=O) groups excluding carboxylic acids is 1. The van der Waals surface area contributed by atoms with Crippen molar-refractivity contribution in [3.63, 3.8) is 0 Å². The van der Waals surface area contributed by atoms with Gasteiger partial charge >= 0.3 is 0 Å². The van der Waals surface area contributed by atoms with Crippen LogP contribution in [0.15, 0.2) is 36.9 Å². The van der Waals surface area contributed by atoms with Crippen LogP contribution < -0.4 is 10.2 Å². The zero-order valence-electron chi connectivity index (χ0n) is 18.3. The molecule has 4 aromatic rings. The van der Waals surface area contributed by atoms with Crippen LogP contribution >= 0.6 is 11.6 Å². The van der Waals surface area contributed by atoms with Crippen molar-refractivity contribution in [2.45, 2.75) is 26.2 Å². The molecule has 0 bridgehead atoms. The lowest BCUT2D eigenvalue weighted by Gasteiger charge is -2.26. The molecule has 3 heterocycles. The van der Waals surface area contributed by atoms with E-state index in [-0.39, 0.29) is 5.91 Å². The fraction of sp³-hybridized carbons (Fsp3) is 0.250. The van der Waals surface area contributed by atoms with Crippen molar-refractivity contribution in [3.05, 3.63) is 64.7 Å². The number of anilines is 2. The van der Waals surface area contributed by atoms with E-state index in [1.807, 2.05) is 6.92 Å². The Morgan fingerprint density at radius 3 is 2.68 bits per heavy atom. The highest BCUT2D eigenvalue weighted by Gasteiger charge is 2.29. The minimum Gasteiger partial charge on any atom is -0.368 e. The van der Waals surface area contributed by atoms with Gasteiger partial charge in [-0.05, 0) is 54.7 Å². The lowest BCUT2D eigenvalue weighted by molar-refractivity contribution is -0.117. The first kappa shape index (κ1) is 22.2. The smallest absolute Gasteiger partial charge is 0.227 e. The number of halogens is 3. The number of rotatable bonds is 6. The molecule has 1 aliphatic rings. The van der Waals surface area contributed by atoms with E-state index in [4.69, 9.17) is 11.6 Å². The summed E-state index contributed by atoms with van der Waals surface area (Å²) in [7, 11) is 0. The highest BCUT2D eigenvalue weighted by Crippen LogP contribution is 2.42. The van der Waals surface area contributed by atoms with E-state index in [1.54, 1.807) is 17.3 Å². The number of H-pyrrole nitrogens is 1. The lowest BCUT2D eigenvalue weighted by Crippen LogP contribution is -2.26. The first-order valence-electron chi connectivity index (χ1n) is 10.9. The highest BCUT2D eigenvalue weighted by molar-refractivity contribution is 6.32. The van der Waals surface area contributed by atoms with Gasteiger partial charge in [0.2, 0.25) is 5.91 Å². The normalized spacial score (nSPS) is 13.8. The Bertz CT molecular complexity index is 1390. The first-order chi connectivity index (χ1) is 16.4. The predicted molar refractivity (Wildman–Crippen MR) is 127 cm³/mol. The van der Waals surface area contributed by atoms with E-state index in [0.29, 0.717) is 76.7 Å². The summed E-state index contributed by atoms with van der Waals surface area (Å²) in [6.07, 6.45) is 4.57. The van der Waals surface area contributed by atoms with Crippen molar-refractivity contribution < 1.29 is 13.6 Å². The molecule has 0 spiro atoms. The summed E-state index contributed by atoms with van der Waals surface area (Å²) in [4.78, 5) is 29.9. The highest BCUT2D eigenvalue weighted by atomic mass is 35.5. The van der Waals surface area contributed by atoms with Crippen molar-refractivity contribution in [1.82, 2.24) is 19.9 Å². The quantitative estimate of drug-likeness (QED) is 0.402. The fourth-order valence-electron chi connectivity index (χ4n) is 4.44. The predicted octanol–water partition coefficient (Wildman–Crippen LogP) is 5.04. The molecule has 2 aromatic heterocycles. The Kier molecular flexibility index (Phi) is 5.87. The molecule has 5 rings (SSSR count). The SMILES string of the molecule is Cc1c(Cl)cc(CCNc2ncnc3[nH]cnc23)c(-c2cc(F)cc(F)c2)c1N1CCCC1=O. The molecule has 0 aliphatic carbocycles. The second-order valence-electron chi connectivity index (χ2n) is 8.17. The van der Waals surface area contributed by atoms with Crippen molar-refractivity contribution in [2.24, 2.45) is 0 Å². The van der Waals surface area contributed by atoms with Crippen molar-refractivity contribution >= 4 is 40.2 Å². The monoisotopic (exact) mass is 482 g/mol. The van der Waals surface area contributed by atoms with Crippen LogP contribution in [-0.2, 0) is 11.2 Å². The summed E-state index contributed by atoms with van der Waals surface area (Å²) in [6, 6.07) is 5.19. The summed E-state index contributed by atoms with van der Waals surface area (Å²) in [5.74, 6) is -0.841. The van der Waals surface area contributed by atoms with Crippen LogP contribution in [0.25, 0.3) is 22.3 Å². The van der Waals surface area contributed by atoms with Gasteiger partial charge in [-0.2, -0.15) is 0 Å². The number of nitrogens with zero attached hydrogens (tertiary/aromatic N) is 4. The molecule has 0 radical (unpaired) electrons. The van der Waals surface area contributed by atoms with Gasteiger partial charge in [0.25, 0.3) is 0 Å². The van der Waals surface area contributed by atoms with Crippen LogP contribution in [0, 0.1) is 18.6 Å². The van der Waals surface area contributed by atoms with Gasteiger partial charge in [-0.25, -0.2) is 23.7 Å². The minimum absolute atomic E-state index is 0.0329. The maximum Gasteiger partial charge on any atom is 0.227 e. The number of carbonyl (C=O) groups is 1. The maximum atomic E-state index is 14.2. The van der Waals surface area contributed by atoms with Gasteiger partial charge in [-0.1, -0.05) is 11.6 Å². The van der Waals surface area contributed by atoms with Crippen LogP contribution in [0.3, 0.4) is 0 Å². The average molecular weight is 483 g/mol. The molecule has 0 unspecified atom stereocenters. The Morgan fingerprint density at radius 2 is 1.94 bits per heavy atom. The summed E-state index contributed by atoms with van der Waals surface area (Å²) < 4.78 is 28.4. The summed E-state index contributed by atoms with van der Waals surface area (Å²) in [6.45, 7) is 2.79. The lowest BCUT2D eigenvalue weighted by atomic mass is 9.92. The van der Waals surface area contributed by atoms with E-state index in [9.17, 15) is 13.6 Å². The zero-order chi connectivity index (χ0) is 23.8. The first-order valence-corrected chi connectivity index (χ1v) is 11.3. The Hall–Kier alpha value is -3.59. The number of benzene rings is 2. The fourth-order valence-corrected chi connectivity index (χ4v) is 4.66. The summed E-state index contributed by atoms with van der Waals surface area (Å²) in [5, 5.41) is 3.74. The number of hydrogen-bond acceptors (Lipinski definition) is 5. The third kappa shape index (κ3) is 4.07. The maximum absolute atomic E-state index is 14.2. The number of hydrogen-bond donors (Lipinski definition) is 2. The number of fused-ring (bicyclic) bond motifs is 1. The van der Waals surface area contributed by atoms with Crippen molar-refractivity contribution in [1.29, 1.82) is 0 Å². The van der Waals surface area contributed by atoms with Crippen LogP contribution in [0.1, 0.15) is 24.0 Å². The van der Waals surface area contributed by atoms with E-state index in [2.05, 4.69) is 25.3 Å². The molecule has 2 aromatic carbocycles. The van der Waals surface area contributed by atoms with Gasteiger partial charge in [0, 0.05) is 36.2 Å². The zero-order valence-corrected chi connectivity index (χ0v) is 19.1. The van der Waals surface area contributed by atoms with Crippen molar-refractivity contribution in [2.75, 3.05) is 23.3 Å². The Labute approximate surface area is 199 Å². The second kappa shape index (κ2) is 8.98. The molecule has 1 amide bonds. The number of nitrogens with one attached hydrogen (secondary N) is 2. The molecule has 34 heavy (non-hydrogen) atoms. The molecular formula is C24H21ClF2N6O. The standard InChI is InChI=1S/C24H21ClF2N6O/c1-13-18(25)9-14(4-5-28-23-21-24(30-11-29-21)32-12-31-23)20(15-7-16(26)10-17(27)8-15)22(13)33-6-2-3-19(33)34/h7-12H,2-6H2,1H3,(H2,28,29,30,31,32). The molecule has 0 atom stereocenters. The Balaban J connectivity index is 1.57. The number of amides is 1. The molecule has 2 N–H and O–H groups in total. The topological polar surface area (TPSA) is 86.8 Å². The van der Waals surface area contributed by atoms with E-state index in [0.717, 1.165) is 11.6 Å². The van der Waals surface area contributed by atoms with Crippen LogP contribution in [-0.4, -0.2) is 38.9 Å². The third-order valence-electron chi connectivity index (χ3n) is 5.97. The van der Waals surface area contributed by atoms with Crippen LogP contribution in [0.5, 0.6) is 0 Å². The van der Waals surface area contributed by atoms with E-state index >= 15 is 0 Å². The number of aromatic nitrogens is 4. The van der Waals surface area contributed by atoms with Crippen LogP contribution in [0.4, 0.5) is 20.3 Å². The molecule has 174 valence electrons. The van der Waals surface area contributed by atoms with E-state index in [1.165, 1.54) is 18.5 Å². The molecule has 1 saturated heterocycles. The number of imidazole rings is 1. The van der Waals surface area contributed by atoms with Gasteiger partial charge in [0.05, 0.1) is 12.0 Å². The summed E-state index contributed by atoms with van der Waals surface area (Å²) >= 11 is 6.59. The van der Waals surface area contributed by atoms with Gasteiger partial charge in [0.1, 0.15) is 23.5 Å². The molecule has 1 aliphatic heterocycles. The van der Waals surface area contributed by atoms with Gasteiger partial charge < -0.3 is 15.2 Å². The van der Waals surface area contributed by atoms with E-state index < -0.39 is 11.6 Å².